The second kappa shape index (κ2) is 7.12. The third-order valence-corrected chi connectivity index (χ3v) is 6.06. The van der Waals surface area contributed by atoms with Crippen molar-refractivity contribution in [2.45, 2.75) is 32.4 Å². The summed E-state index contributed by atoms with van der Waals surface area (Å²) in [5.74, 6) is 2.22. The van der Waals surface area contributed by atoms with Gasteiger partial charge in [-0.25, -0.2) is 0 Å². The van der Waals surface area contributed by atoms with E-state index >= 15 is 0 Å². The summed E-state index contributed by atoms with van der Waals surface area (Å²) in [6.45, 7) is 4.00. The van der Waals surface area contributed by atoms with E-state index in [0.717, 1.165) is 23.8 Å². The van der Waals surface area contributed by atoms with Crippen LogP contribution in [-0.4, -0.2) is 30.6 Å². The quantitative estimate of drug-likeness (QED) is 0.508. The topological polar surface area (TPSA) is 55.4 Å². The molecule has 29 heavy (non-hydrogen) atoms. The number of rotatable bonds is 6. The van der Waals surface area contributed by atoms with E-state index in [9.17, 15) is 4.79 Å². The molecule has 6 heteroatoms. The number of fused-ring (bicyclic) bond motifs is 3. The van der Waals surface area contributed by atoms with Crippen molar-refractivity contribution in [1.82, 2.24) is 24.1 Å². The lowest BCUT2D eigenvalue weighted by Gasteiger charge is -2.29. The molecule has 0 radical (unpaired) electrons. The fraction of sp³-hybridized carbons (Fsp3) is 0.348. The molecule has 0 spiro atoms. The SMILES string of the molecule is CC(c1ccccc1)N(Cc1nnc2n(C)c(=O)c3ccccc3n12)CC1CC1. The molecule has 0 N–H and O–H groups in total. The predicted octanol–water partition coefficient (Wildman–Crippen LogP) is 3.55. The Morgan fingerprint density at radius 2 is 1.79 bits per heavy atom. The Morgan fingerprint density at radius 1 is 1.07 bits per heavy atom. The maximum absolute atomic E-state index is 12.7. The molecule has 2 aromatic heterocycles. The highest BCUT2D eigenvalue weighted by atomic mass is 16.1. The molecule has 5 rings (SSSR count). The first-order valence-electron chi connectivity index (χ1n) is 10.2. The van der Waals surface area contributed by atoms with E-state index in [-0.39, 0.29) is 11.6 Å². The highest BCUT2D eigenvalue weighted by molar-refractivity contribution is 5.80. The minimum atomic E-state index is -0.0421. The van der Waals surface area contributed by atoms with Crippen LogP contribution < -0.4 is 5.56 Å². The van der Waals surface area contributed by atoms with Crippen molar-refractivity contribution in [3.63, 3.8) is 0 Å². The Bertz CT molecular complexity index is 1220. The van der Waals surface area contributed by atoms with Crippen LogP contribution in [0.5, 0.6) is 0 Å². The lowest BCUT2D eigenvalue weighted by molar-refractivity contribution is 0.187. The van der Waals surface area contributed by atoms with Gasteiger partial charge in [-0.15, -0.1) is 10.2 Å². The van der Waals surface area contributed by atoms with Gasteiger partial charge in [-0.05, 0) is 43.4 Å². The van der Waals surface area contributed by atoms with Crippen molar-refractivity contribution in [3.05, 3.63) is 76.3 Å². The maximum atomic E-state index is 12.7. The van der Waals surface area contributed by atoms with Crippen molar-refractivity contribution < 1.29 is 0 Å². The first-order chi connectivity index (χ1) is 14.1. The zero-order chi connectivity index (χ0) is 20.0. The van der Waals surface area contributed by atoms with Crippen LogP contribution in [0.2, 0.25) is 0 Å². The van der Waals surface area contributed by atoms with Gasteiger partial charge in [0.05, 0.1) is 17.4 Å². The second-order valence-electron chi connectivity index (χ2n) is 8.09. The van der Waals surface area contributed by atoms with Crippen molar-refractivity contribution in [1.29, 1.82) is 0 Å². The van der Waals surface area contributed by atoms with Crippen LogP contribution in [-0.2, 0) is 13.6 Å². The Balaban J connectivity index is 1.60. The number of hydrogen-bond donors (Lipinski definition) is 0. The zero-order valence-electron chi connectivity index (χ0n) is 16.8. The monoisotopic (exact) mass is 387 g/mol. The van der Waals surface area contributed by atoms with Gasteiger partial charge >= 0.3 is 0 Å². The van der Waals surface area contributed by atoms with Gasteiger partial charge in [-0.2, -0.15) is 0 Å². The van der Waals surface area contributed by atoms with Gasteiger partial charge in [-0.1, -0.05) is 42.5 Å². The molecule has 1 atom stereocenters. The summed E-state index contributed by atoms with van der Waals surface area (Å²) in [7, 11) is 1.76. The Labute approximate surface area is 169 Å². The largest absolute Gasteiger partial charge is 0.289 e. The molecule has 1 aliphatic rings. The molecule has 2 heterocycles. The molecule has 1 unspecified atom stereocenters. The lowest BCUT2D eigenvalue weighted by Crippen LogP contribution is -2.30. The Morgan fingerprint density at radius 3 is 2.55 bits per heavy atom. The average Bonchev–Trinajstić information content (AvgIpc) is 3.48. The number of hydrogen-bond acceptors (Lipinski definition) is 4. The molecule has 6 nitrogen and oxygen atoms in total. The van der Waals surface area contributed by atoms with Crippen LogP contribution in [0.15, 0.2) is 59.4 Å². The smallest absolute Gasteiger partial charge is 0.262 e. The summed E-state index contributed by atoms with van der Waals surface area (Å²) >= 11 is 0. The van der Waals surface area contributed by atoms with E-state index in [1.54, 1.807) is 11.6 Å². The minimum absolute atomic E-state index is 0.0421. The lowest BCUT2D eigenvalue weighted by atomic mass is 10.1. The third kappa shape index (κ3) is 3.23. The van der Waals surface area contributed by atoms with Gasteiger partial charge in [0.1, 0.15) is 0 Å². The fourth-order valence-corrected chi connectivity index (χ4v) is 4.11. The zero-order valence-corrected chi connectivity index (χ0v) is 16.8. The number of benzene rings is 2. The van der Waals surface area contributed by atoms with Crippen LogP contribution in [0.25, 0.3) is 16.7 Å². The van der Waals surface area contributed by atoms with Crippen LogP contribution in [0.3, 0.4) is 0 Å². The van der Waals surface area contributed by atoms with Gasteiger partial charge in [0, 0.05) is 19.6 Å². The summed E-state index contributed by atoms with van der Waals surface area (Å²) < 4.78 is 3.62. The molecular weight excluding hydrogens is 362 g/mol. The third-order valence-electron chi connectivity index (χ3n) is 6.06. The molecular formula is C23H25N5O. The molecule has 148 valence electrons. The second-order valence-corrected chi connectivity index (χ2v) is 8.09. The predicted molar refractivity (Wildman–Crippen MR) is 114 cm³/mol. The molecule has 0 saturated heterocycles. The summed E-state index contributed by atoms with van der Waals surface area (Å²) in [6.07, 6.45) is 2.60. The first kappa shape index (κ1) is 18.1. The van der Waals surface area contributed by atoms with E-state index in [1.807, 2.05) is 28.7 Å². The Hall–Kier alpha value is -2.99. The number of aryl methyl sites for hydroxylation is 1. The van der Waals surface area contributed by atoms with E-state index in [1.165, 1.54) is 18.4 Å². The average molecular weight is 387 g/mol. The fourth-order valence-electron chi connectivity index (χ4n) is 4.11. The van der Waals surface area contributed by atoms with E-state index < -0.39 is 0 Å². The van der Waals surface area contributed by atoms with E-state index in [0.29, 0.717) is 17.7 Å². The Kier molecular flexibility index (Phi) is 4.43. The standard InChI is InChI=1S/C23H25N5O/c1-16(18-8-4-3-5-9-18)27(14-17-12-13-17)15-21-24-25-23-26(2)22(29)19-10-6-7-11-20(19)28(21)23/h3-11,16-17H,12-15H2,1-2H3. The van der Waals surface area contributed by atoms with Crippen LogP contribution in [0.1, 0.15) is 37.2 Å². The molecule has 0 amide bonds. The molecule has 0 bridgehead atoms. The van der Waals surface area contributed by atoms with Crippen molar-refractivity contribution in [3.8, 4) is 0 Å². The normalized spacial score (nSPS) is 15.4. The van der Waals surface area contributed by atoms with Crippen LogP contribution in [0, 0.1) is 5.92 Å². The summed E-state index contributed by atoms with van der Waals surface area (Å²) in [5, 5.41) is 9.55. The molecule has 1 aliphatic carbocycles. The molecule has 1 fully saturated rings. The minimum Gasteiger partial charge on any atom is -0.289 e. The summed E-state index contributed by atoms with van der Waals surface area (Å²) in [4.78, 5) is 15.2. The van der Waals surface area contributed by atoms with Gasteiger partial charge < -0.3 is 0 Å². The van der Waals surface area contributed by atoms with Crippen molar-refractivity contribution in [2.75, 3.05) is 6.54 Å². The van der Waals surface area contributed by atoms with Gasteiger partial charge in [0.2, 0.25) is 5.78 Å². The number of nitrogens with zero attached hydrogens (tertiary/aromatic N) is 5. The van der Waals surface area contributed by atoms with E-state index in [2.05, 4.69) is 52.4 Å². The van der Waals surface area contributed by atoms with Crippen molar-refractivity contribution in [2.24, 2.45) is 13.0 Å². The van der Waals surface area contributed by atoms with Gasteiger partial charge in [0.25, 0.3) is 5.56 Å². The molecule has 4 aromatic rings. The first-order valence-corrected chi connectivity index (χ1v) is 10.2. The van der Waals surface area contributed by atoms with Gasteiger partial charge in [-0.3, -0.25) is 18.7 Å². The van der Waals surface area contributed by atoms with E-state index in [4.69, 9.17) is 0 Å². The molecule has 0 aliphatic heterocycles. The summed E-state index contributed by atoms with van der Waals surface area (Å²) in [5.41, 5.74) is 2.13. The number of para-hydroxylation sites is 1. The maximum Gasteiger partial charge on any atom is 0.262 e. The molecule has 1 saturated carbocycles. The van der Waals surface area contributed by atoms with Crippen LogP contribution in [0.4, 0.5) is 0 Å². The van der Waals surface area contributed by atoms with Crippen molar-refractivity contribution >= 4 is 16.7 Å². The van der Waals surface area contributed by atoms with Gasteiger partial charge in [0.15, 0.2) is 5.82 Å². The highest BCUT2D eigenvalue weighted by Crippen LogP contribution is 2.33. The number of aromatic nitrogens is 4. The molecule has 2 aromatic carbocycles. The highest BCUT2D eigenvalue weighted by Gasteiger charge is 2.28. The van der Waals surface area contributed by atoms with Crippen LogP contribution >= 0.6 is 0 Å². The summed E-state index contributed by atoms with van der Waals surface area (Å²) in [6, 6.07) is 18.6.